The molecule has 0 fully saturated rings. The molecule has 21 heavy (non-hydrogen) atoms. The van der Waals surface area contributed by atoms with Crippen molar-refractivity contribution in [3.8, 4) is 0 Å². The van der Waals surface area contributed by atoms with Crippen molar-refractivity contribution in [2.45, 2.75) is 26.4 Å². The summed E-state index contributed by atoms with van der Waals surface area (Å²) in [5.41, 5.74) is 0. The average Bonchev–Trinajstić information content (AvgIpc) is 2.53. The van der Waals surface area contributed by atoms with Crippen molar-refractivity contribution in [1.29, 1.82) is 0 Å². The maximum Gasteiger partial charge on any atom is 0.283 e. The highest BCUT2D eigenvalue weighted by atomic mass is 28.3. The average molecular weight is 295 g/mol. The SMILES string of the molecule is C=CCC(O[Si](c1ccccc1)c1ccccc1)C(C)C. The maximum absolute atomic E-state index is 6.56. The van der Waals surface area contributed by atoms with E-state index in [-0.39, 0.29) is 6.10 Å². The summed E-state index contributed by atoms with van der Waals surface area (Å²) in [6.45, 7) is 8.29. The molecule has 1 radical (unpaired) electrons. The predicted octanol–water partition coefficient (Wildman–Crippen LogP) is 3.41. The molecule has 2 heteroatoms. The van der Waals surface area contributed by atoms with Gasteiger partial charge in [0.1, 0.15) is 0 Å². The van der Waals surface area contributed by atoms with E-state index in [2.05, 4.69) is 81.1 Å². The zero-order valence-electron chi connectivity index (χ0n) is 12.8. The topological polar surface area (TPSA) is 9.23 Å². The predicted molar refractivity (Wildman–Crippen MR) is 92.4 cm³/mol. The molecule has 1 nitrogen and oxygen atoms in total. The molecule has 109 valence electrons. The normalized spacial score (nSPS) is 12.6. The van der Waals surface area contributed by atoms with E-state index in [1.165, 1.54) is 10.4 Å². The summed E-state index contributed by atoms with van der Waals surface area (Å²) in [4.78, 5) is 0. The molecule has 0 bridgehead atoms. The molecule has 2 rings (SSSR count). The maximum atomic E-state index is 6.56. The van der Waals surface area contributed by atoms with Gasteiger partial charge < -0.3 is 4.43 Å². The third-order valence-corrected chi connectivity index (χ3v) is 5.74. The Bertz CT molecular complexity index is 497. The molecule has 2 aromatic rings. The largest absolute Gasteiger partial charge is 0.404 e. The Morgan fingerprint density at radius 2 is 1.43 bits per heavy atom. The van der Waals surface area contributed by atoms with Crippen molar-refractivity contribution in [3.63, 3.8) is 0 Å². The van der Waals surface area contributed by atoms with Crippen molar-refractivity contribution in [3.05, 3.63) is 73.3 Å². The van der Waals surface area contributed by atoms with Crippen molar-refractivity contribution in [1.82, 2.24) is 0 Å². The molecule has 0 heterocycles. The van der Waals surface area contributed by atoms with Crippen LogP contribution in [0.15, 0.2) is 73.3 Å². The monoisotopic (exact) mass is 295 g/mol. The van der Waals surface area contributed by atoms with Gasteiger partial charge in [-0.05, 0) is 22.7 Å². The molecule has 0 amide bonds. The standard InChI is InChI=1S/C19H23OSi/c1-4-11-19(16(2)3)20-21(17-12-7-5-8-13-17)18-14-9-6-10-15-18/h4-10,12-16,19H,1,11H2,2-3H3. The molecule has 0 aliphatic heterocycles. The molecule has 1 atom stereocenters. The summed E-state index contributed by atoms with van der Waals surface area (Å²) < 4.78 is 6.56. The molecule has 1 unspecified atom stereocenters. The van der Waals surface area contributed by atoms with E-state index in [0.29, 0.717) is 5.92 Å². The fourth-order valence-electron chi connectivity index (χ4n) is 2.25. The van der Waals surface area contributed by atoms with Crippen molar-refractivity contribution >= 4 is 19.4 Å². The van der Waals surface area contributed by atoms with Gasteiger partial charge in [-0.15, -0.1) is 6.58 Å². The van der Waals surface area contributed by atoms with Gasteiger partial charge in [-0.3, -0.25) is 0 Å². The Morgan fingerprint density at radius 1 is 0.952 bits per heavy atom. The Kier molecular flexibility index (Phi) is 5.97. The Labute approximate surface area is 130 Å². The van der Waals surface area contributed by atoms with Gasteiger partial charge in [0.05, 0.1) is 6.10 Å². The first-order valence-electron chi connectivity index (χ1n) is 7.47. The first kappa shape index (κ1) is 15.7. The minimum absolute atomic E-state index is 0.219. The summed E-state index contributed by atoms with van der Waals surface area (Å²) in [7, 11) is -1.21. The van der Waals surface area contributed by atoms with E-state index in [4.69, 9.17) is 4.43 Å². The van der Waals surface area contributed by atoms with E-state index in [1.54, 1.807) is 0 Å². The van der Waals surface area contributed by atoms with Crippen LogP contribution in [-0.4, -0.2) is 15.1 Å². The number of rotatable bonds is 7. The zero-order chi connectivity index (χ0) is 15.1. The lowest BCUT2D eigenvalue weighted by atomic mass is 10.1. The summed E-state index contributed by atoms with van der Waals surface area (Å²) in [6, 6.07) is 21.1. The quantitative estimate of drug-likeness (QED) is 0.562. The second-order valence-corrected chi connectivity index (χ2v) is 7.53. The van der Waals surface area contributed by atoms with Gasteiger partial charge in [0, 0.05) is 0 Å². The van der Waals surface area contributed by atoms with Crippen LogP contribution in [0, 0.1) is 5.92 Å². The minimum atomic E-state index is -1.21. The number of hydrogen-bond donors (Lipinski definition) is 0. The first-order chi connectivity index (χ1) is 10.2. The van der Waals surface area contributed by atoms with Gasteiger partial charge in [-0.2, -0.15) is 0 Å². The van der Waals surface area contributed by atoms with Crippen LogP contribution in [0.1, 0.15) is 20.3 Å². The Morgan fingerprint density at radius 3 is 1.81 bits per heavy atom. The summed E-state index contributed by atoms with van der Waals surface area (Å²) >= 11 is 0. The molecular weight excluding hydrogens is 272 g/mol. The molecule has 0 aliphatic rings. The van der Waals surface area contributed by atoms with E-state index in [0.717, 1.165) is 6.42 Å². The van der Waals surface area contributed by atoms with Crippen molar-refractivity contribution in [2.24, 2.45) is 5.92 Å². The fourth-order valence-corrected chi connectivity index (χ4v) is 4.52. The van der Waals surface area contributed by atoms with Gasteiger partial charge in [0.2, 0.25) is 0 Å². The molecule has 0 aliphatic carbocycles. The van der Waals surface area contributed by atoms with Gasteiger partial charge in [0.25, 0.3) is 9.04 Å². The lowest BCUT2D eigenvalue weighted by Crippen LogP contribution is -2.48. The number of benzene rings is 2. The third kappa shape index (κ3) is 4.41. The second-order valence-electron chi connectivity index (χ2n) is 5.49. The third-order valence-electron chi connectivity index (χ3n) is 3.48. The number of hydrogen-bond acceptors (Lipinski definition) is 1. The summed E-state index contributed by atoms with van der Waals surface area (Å²) in [5.74, 6) is 0.482. The Hall–Kier alpha value is -1.64. The van der Waals surface area contributed by atoms with Gasteiger partial charge >= 0.3 is 0 Å². The van der Waals surface area contributed by atoms with Crippen LogP contribution in [0.25, 0.3) is 0 Å². The van der Waals surface area contributed by atoms with Crippen molar-refractivity contribution < 1.29 is 4.43 Å². The van der Waals surface area contributed by atoms with Gasteiger partial charge in [-0.1, -0.05) is 80.6 Å². The van der Waals surface area contributed by atoms with Crippen LogP contribution in [0.2, 0.25) is 0 Å². The highest BCUT2D eigenvalue weighted by Crippen LogP contribution is 2.13. The molecular formula is C19H23OSi. The molecule has 0 aromatic heterocycles. The molecule has 0 N–H and O–H groups in total. The fraction of sp³-hybridized carbons (Fsp3) is 0.263. The van der Waals surface area contributed by atoms with Crippen LogP contribution in [0.4, 0.5) is 0 Å². The van der Waals surface area contributed by atoms with Crippen LogP contribution >= 0.6 is 0 Å². The molecule has 0 spiro atoms. The van der Waals surface area contributed by atoms with E-state index >= 15 is 0 Å². The summed E-state index contributed by atoms with van der Waals surface area (Å²) in [6.07, 6.45) is 3.07. The van der Waals surface area contributed by atoms with Crippen LogP contribution < -0.4 is 10.4 Å². The van der Waals surface area contributed by atoms with E-state index in [9.17, 15) is 0 Å². The van der Waals surface area contributed by atoms with E-state index in [1.807, 2.05) is 6.08 Å². The summed E-state index contributed by atoms with van der Waals surface area (Å²) in [5, 5.41) is 2.59. The Balaban J connectivity index is 2.30. The van der Waals surface area contributed by atoms with Crippen LogP contribution in [0.3, 0.4) is 0 Å². The minimum Gasteiger partial charge on any atom is -0.404 e. The highest BCUT2D eigenvalue weighted by Gasteiger charge is 2.24. The van der Waals surface area contributed by atoms with Crippen LogP contribution in [-0.2, 0) is 4.43 Å². The highest BCUT2D eigenvalue weighted by molar-refractivity contribution is 6.80. The second kappa shape index (κ2) is 7.96. The molecule has 2 aromatic carbocycles. The smallest absolute Gasteiger partial charge is 0.283 e. The zero-order valence-corrected chi connectivity index (χ0v) is 13.8. The van der Waals surface area contributed by atoms with Gasteiger partial charge in [-0.25, -0.2) is 0 Å². The van der Waals surface area contributed by atoms with E-state index < -0.39 is 9.04 Å². The van der Waals surface area contributed by atoms with Gasteiger partial charge in [0.15, 0.2) is 0 Å². The van der Waals surface area contributed by atoms with Crippen molar-refractivity contribution in [2.75, 3.05) is 0 Å². The van der Waals surface area contributed by atoms with Crippen LogP contribution in [0.5, 0.6) is 0 Å². The lowest BCUT2D eigenvalue weighted by molar-refractivity contribution is 0.160. The molecule has 0 saturated heterocycles. The first-order valence-corrected chi connectivity index (χ1v) is 8.88. The lowest BCUT2D eigenvalue weighted by Gasteiger charge is -2.26. The molecule has 0 saturated carbocycles.